The van der Waals surface area contributed by atoms with Crippen molar-refractivity contribution in [3.63, 3.8) is 0 Å². The van der Waals surface area contributed by atoms with Gasteiger partial charge in [0.25, 0.3) is 0 Å². The van der Waals surface area contributed by atoms with Crippen LogP contribution in [0.1, 0.15) is 42.1 Å². The molecule has 47 heavy (non-hydrogen) atoms. The Morgan fingerprint density at radius 1 is 0.723 bits per heavy atom. The van der Waals surface area contributed by atoms with E-state index in [-0.39, 0.29) is 19.1 Å². The number of halogens is 3. The lowest BCUT2D eigenvalue weighted by atomic mass is 10.0. The van der Waals surface area contributed by atoms with Crippen molar-refractivity contribution >= 4 is 0 Å². The average Bonchev–Trinajstić information content (AvgIpc) is 3.82. The van der Waals surface area contributed by atoms with E-state index in [1.54, 1.807) is 6.07 Å². The molecule has 0 unspecified atom stereocenters. The van der Waals surface area contributed by atoms with E-state index in [1.165, 1.54) is 12.1 Å². The Morgan fingerprint density at radius 2 is 1.32 bits per heavy atom. The lowest BCUT2D eigenvalue weighted by molar-refractivity contribution is -0.137. The summed E-state index contributed by atoms with van der Waals surface area (Å²) in [7, 11) is 0. The predicted octanol–water partition coefficient (Wildman–Crippen LogP) is 8.70. The second-order valence-electron chi connectivity index (χ2n) is 11.7. The zero-order valence-electron chi connectivity index (χ0n) is 25.9. The third kappa shape index (κ3) is 6.51. The number of ether oxygens (including phenoxy) is 4. The van der Waals surface area contributed by atoms with Crippen LogP contribution in [-0.2, 0) is 32.4 Å². The van der Waals surface area contributed by atoms with Crippen molar-refractivity contribution in [2.45, 2.75) is 52.1 Å². The summed E-state index contributed by atoms with van der Waals surface area (Å²) in [5.41, 5.74) is 3.21. The van der Waals surface area contributed by atoms with Crippen molar-refractivity contribution in [3.8, 4) is 45.6 Å². The van der Waals surface area contributed by atoms with Gasteiger partial charge in [0.2, 0.25) is 13.6 Å². The number of benzene rings is 4. The Hall–Kier alpha value is -4.96. The molecule has 0 amide bonds. The van der Waals surface area contributed by atoms with Crippen LogP contribution in [0.3, 0.4) is 0 Å². The molecule has 0 atom stereocenters. The highest BCUT2D eigenvalue weighted by atomic mass is 19.4. The summed E-state index contributed by atoms with van der Waals surface area (Å²) < 4.78 is 67.9. The number of rotatable bonds is 11. The van der Waals surface area contributed by atoms with Gasteiger partial charge in [-0.2, -0.15) is 13.2 Å². The molecule has 1 aromatic heterocycles. The topological polar surface area (TPSA) is 58.0 Å². The van der Waals surface area contributed by atoms with Crippen LogP contribution in [-0.4, -0.2) is 28.0 Å². The van der Waals surface area contributed by atoms with Crippen LogP contribution in [0.2, 0.25) is 0 Å². The largest absolute Gasteiger partial charge is 0.454 e. The Kier molecular flexibility index (Phi) is 8.51. The normalized spacial score (nSPS) is 13.5. The fraction of sp³-hybridized carbons (Fsp3) is 0.270. The maximum Gasteiger partial charge on any atom is 0.417 e. The molecule has 4 aromatic carbocycles. The third-order valence-electron chi connectivity index (χ3n) is 8.39. The molecule has 0 spiro atoms. The van der Waals surface area contributed by atoms with Gasteiger partial charge in [-0.3, -0.25) is 4.90 Å². The van der Waals surface area contributed by atoms with Crippen molar-refractivity contribution in [1.29, 1.82) is 0 Å². The lowest BCUT2D eigenvalue weighted by Gasteiger charge is -2.25. The van der Waals surface area contributed by atoms with Crippen molar-refractivity contribution in [1.82, 2.24) is 14.5 Å². The van der Waals surface area contributed by atoms with E-state index in [9.17, 15) is 13.2 Å². The first-order chi connectivity index (χ1) is 22.9. The van der Waals surface area contributed by atoms with Gasteiger partial charge in [0.05, 0.1) is 17.0 Å². The second kappa shape index (κ2) is 13.0. The van der Waals surface area contributed by atoms with Gasteiger partial charge in [0.1, 0.15) is 5.82 Å². The van der Waals surface area contributed by atoms with Crippen LogP contribution in [0.25, 0.3) is 22.6 Å². The molecule has 2 aliphatic heterocycles. The molecule has 0 radical (unpaired) electrons. The first kappa shape index (κ1) is 30.7. The molecule has 0 aliphatic carbocycles. The standard InChI is InChI=1S/C37H34F3N3O4/c1-2-3-17-43-30(35(41-36(43)27-9-5-4-6-10-27)28-11-7-8-12-29(28)37(38,39)40)22-42(20-25-13-15-31-33(18-25)46-23-44-31)21-26-14-16-32-34(19-26)47-24-45-32/h4-16,18-19H,2-3,17,20-24H2,1H3. The Morgan fingerprint density at radius 3 is 1.94 bits per heavy atom. The van der Waals surface area contributed by atoms with Crippen LogP contribution in [0.5, 0.6) is 23.0 Å². The van der Waals surface area contributed by atoms with Crippen LogP contribution >= 0.6 is 0 Å². The summed E-state index contributed by atoms with van der Waals surface area (Å²) in [6.45, 7) is 4.36. The van der Waals surface area contributed by atoms with Crippen molar-refractivity contribution in [2.75, 3.05) is 13.6 Å². The molecule has 242 valence electrons. The van der Waals surface area contributed by atoms with Crippen molar-refractivity contribution in [2.24, 2.45) is 0 Å². The fourth-order valence-corrected chi connectivity index (χ4v) is 6.14. The summed E-state index contributed by atoms with van der Waals surface area (Å²) in [5, 5.41) is 0. The molecular weight excluding hydrogens is 607 g/mol. The summed E-state index contributed by atoms with van der Waals surface area (Å²) in [4.78, 5) is 7.21. The highest BCUT2D eigenvalue weighted by Crippen LogP contribution is 2.41. The van der Waals surface area contributed by atoms with Gasteiger partial charge >= 0.3 is 6.18 Å². The lowest BCUT2D eigenvalue weighted by Crippen LogP contribution is -2.25. The number of hydrogen-bond donors (Lipinski definition) is 0. The van der Waals surface area contributed by atoms with Crippen LogP contribution < -0.4 is 18.9 Å². The second-order valence-corrected chi connectivity index (χ2v) is 11.7. The molecule has 10 heteroatoms. The minimum atomic E-state index is -4.55. The van der Waals surface area contributed by atoms with E-state index >= 15 is 0 Å². The molecule has 0 saturated carbocycles. The minimum absolute atomic E-state index is 0.0635. The summed E-state index contributed by atoms with van der Waals surface area (Å²) in [5.74, 6) is 3.36. The number of aromatic nitrogens is 2. The van der Waals surface area contributed by atoms with E-state index in [1.807, 2.05) is 66.7 Å². The maximum absolute atomic E-state index is 14.5. The van der Waals surface area contributed by atoms with Gasteiger partial charge in [0.15, 0.2) is 23.0 Å². The van der Waals surface area contributed by atoms with Crippen LogP contribution in [0, 0.1) is 0 Å². The number of alkyl halides is 3. The van der Waals surface area contributed by atoms with Gasteiger partial charge < -0.3 is 23.5 Å². The van der Waals surface area contributed by atoms with Gasteiger partial charge in [-0.1, -0.05) is 74.0 Å². The van der Waals surface area contributed by atoms with E-state index in [2.05, 4.69) is 16.4 Å². The van der Waals surface area contributed by atoms with Gasteiger partial charge in [-0.25, -0.2) is 4.98 Å². The van der Waals surface area contributed by atoms with E-state index in [4.69, 9.17) is 23.9 Å². The zero-order chi connectivity index (χ0) is 32.4. The third-order valence-corrected chi connectivity index (χ3v) is 8.39. The molecule has 0 saturated heterocycles. The summed E-state index contributed by atoms with van der Waals surface area (Å²) >= 11 is 0. The molecular formula is C37H34F3N3O4. The first-order valence-corrected chi connectivity index (χ1v) is 15.7. The number of fused-ring (bicyclic) bond motifs is 2. The van der Waals surface area contributed by atoms with Gasteiger partial charge in [-0.15, -0.1) is 0 Å². The van der Waals surface area contributed by atoms with Crippen LogP contribution in [0.15, 0.2) is 91.0 Å². The molecule has 3 heterocycles. The fourth-order valence-electron chi connectivity index (χ4n) is 6.14. The highest BCUT2D eigenvalue weighted by Gasteiger charge is 2.35. The molecule has 0 fully saturated rings. The van der Waals surface area contributed by atoms with E-state index < -0.39 is 11.7 Å². The Labute approximate surface area is 271 Å². The first-order valence-electron chi connectivity index (χ1n) is 15.7. The van der Waals surface area contributed by atoms with Crippen molar-refractivity contribution < 1.29 is 32.1 Å². The van der Waals surface area contributed by atoms with Crippen LogP contribution in [0.4, 0.5) is 13.2 Å². The molecule has 7 rings (SSSR count). The SMILES string of the molecule is CCCCn1c(-c2ccccc2)nc(-c2ccccc2C(F)(F)F)c1CN(Cc1ccc2c(c1)OCO2)Cc1ccc2c(c1)OCO2. The number of nitrogens with zero attached hydrogens (tertiary/aromatic N) is 3. The van der Waals surface area contributed by atoms with E-state index in [0.29, 0.717) is 60.7 Å². The monoisotopic (exact) mass is 641 g/mol. The average molecular weight is 642 g/mol. The van der Waals surface area contributed by atoms with Gasteiger partial charge in [-0.05, 0) is 47.9 Å². The zero-order valence-corrected chi connectivity index (χ0v) is 25.9. The Bertz CT molecular complexity index is 1810. The van der Waals surface area contributed by atoms with Gasteiger partial charge in [0, 0.05) is 37.3 Å². The number of unbranched alkanes of at least 4 members (excludes halogenated alkanes) is 1. The predicted molar refractivity (Wildman–Crippen MR) is 171 cm³/mol. The maximum atomic E-state index is 14.5. The summed E-state index contributed by atoms with van der Waals surface area (Å²) in [6, 6.07) is 27.0. The number of imidazole rings is 1. The highest BCUT2D eigenvalue weighted by molar-refractivity contribution is 5.71. The van der Waals surface area contributed by atoms with Crippen molar-refractivity contribution in [3.05, 3.63) is 113 Å². The molecule has 5 aromatic rings. The molecule has 7 nitrogen and oxygen atoms in total. The minimum Gasteiger partial charge on any atom is -0.454 e. The molecule has 2 aliphatic rings. The smallest absolute Gasteiger partial charge is 0.417 e. The number of hydrogen-bond acceptors (Lipinski definition) is 6. The summed E-state index contributed by atoms with van der Waals surface area (Å²) in [6.07, 6.45) is -2.79. The molecule has 0 N–H and O–H groups in total. The van der Waals surface area contributed by atoms with E-state index in [0.717, 1.165) is 41.3 Å². The quantitative estimate of drug-likeness (QED) is 0.144. The molecule has 0 bridgehead atoms. The Balaban J connectivity index is 1.36.